The minimum absolute atomic E-state index is 0.109. The number of likely N-dealkylation sites (tertiary alicyclic amines) is 1. The molecular weight excluding hydrogens is 404 g/mol. The molecule has 0 radical (unpaired) electrons. The largest absolute Gasteiger partial charge is 0.507 e. The summed E-state index contributed by atoms with van der Waals surface area (Å²) in [7, 11) is 5.48. The Morgan fingerprint density at radius 2 is 1.78 bits per heavy atom. The fraction of sp³-hybridized carbons (Fsp3) is 0.385. The van der Waals surface area contributed by atoms with Crippen LogP contribution in [-0.2, 0) is 9.59 Å². The second-order valence-electron chi connectivity index (χ2n) is 8.67. The zero-order valence-corrected chi connectivity index (χ0v) is 19.7. The third-order valence-corrected chi connectivity index (χ3v) is 5.91. The van der Waals surface area contributed by atoms with Crippen LogP contribution in [0.2, 0.25) is 0 Å². The van der Waals surface area contributed by atoms with Crippen LogP contribution in [-0.4, -0.2) is 60.9 Å². The first-order chi connectivity index (χ1) is 15.2. The van der Waals surface area contributed by atoms with Gasteiger partial charge in [0.15, 0.2) is 0 Å². The summed E-state index contributed by atoms with van der Waals surface area (Å²) in [4.78, 5) is 30.0. The molecule has 1 aliphatic rings. The first-order valence-corrected chi connectivity index (χ1v) is 10.8. The van der Waals surface area contributed by atoms with E-state index in [4.69, 9.17) is 4.74 Å². The maximum absolute atomic E-state index is 13.2. The van der Waals surface area contributed by atoms with Crippen molar-refractivity contribution in [3.63, 3.8) is 0 Å². The van der Waals surface area contributed by atoms with Crippen molar-refractivity contribution in [2.45, 2.75) is 33.2 Å². The third-order valence-electron chi connectivity index (χ3n) is 5.91. The van der Waals surface area contributed by atoms with Crippen molar-refractivity contribution < 1.29 is 19.4 Å². The fourth-order valence-electron chi connectivity index (χ4n) is 4.43. The quantitative estimate of drug-likeness (QED) is 0.404. The van der Waals surface area contributed by atoms with E-state index in [2.05, 4.69) is 0 Å². The van der Waals surface area contributed by atoms with Crippen LogP contribution in [0.15, 0.2) is 42.0 Å². The van der Waals surface area contributed by atoms with Gasteiger partial charge in [-0.3, -0.25) is 9.59 Å². The molecule has 1 saturated heterocycles. The molecule has 3 rings (SSSR count). The molecule has 6 heteroatoms. The molecule has 1 unspecified atom stereocenters. The van der Waals surface area contributed by atoms with Gasteiger partial charge in [-0.2, -0.15) is 0 Å². The Hall–Kier alpha value is -3.12. The van der Waals surface area contributed by atoms with Gasteiger partial charge >= 0.3 is 0 Å². The molecule has 0 saturated carbocycles. The van der Waals surface area contributed by atoms with Crippen LogP contribution in [0.25, 0.3) is 5.76 Å². The average Bonchev–Trinajstić information content (AvgIpc) is 2.97. The van der Waals surface area contributed by atoms with Crippen molar-refractivity contribution in [2.24, 2.45) is 0 Å². The average molecular weight is 437 g/mol. The number of aliphatic hydroxyl groups excluding tert-OH is 1. The number of carbonyl (C=O) groups is 2. The molecule has 0 spiro atoms. The number of nitrogens with zero attached hydrogens (tertiary/aromatic N) is 2. The molecule has 2 aromatic carbocycles. The zero-order valence-electron chi connectivity index (χ0n) is 19.7. The standard InChI is InChI=1S/C26H32N2O4/c1-16-14-18(3)25(32-6)20(15-16)23(29)21-22(19-11-8-7-10-17(19)2)28(26(31)24(21)30)13-9-12-27(4)5/h7-8,10-11,14-15,22,29H,9,12-13H2,1-6H3/b23-21+. The number of carbonyl (C=O) groups excluding carboxylic acids is 2. The summed E-state index contributed by atoms with van der Waals surface area (Å²) >= 11 is 0. The Balaban J connectivity index is 2.21. The van der Waals surface area contributed by atoms with Crippen molar-refractivity contribution >= 4 is 17.4 Å². The summed E-state index contributed by atoms with van der Waals surface area (Å²) in [6, 6.07) is 10.8. The number of benzene rings is 2. The van der Waals surface area contributed by atoms with Gasteiger partial charge in [0.05, 0.1) is 24.3 Å². The lowest BCUT2D eigenvalue weighted by Gasteiger charge is -2.27. The zero-order chi connectivity index (χ0) is 23.6. The molecule has 0 bridgehead atoms. The topological polar surface area (TPSA) is 70.1 Å². The van der Waals surface area contributed by atoms with E-state index in [0.29, 0.717) is 17.9 Å². The number of Topliss-reactive ketones (excluding diaryl/α,β-unsaturated/α-hetero) is 1. The highest BCUT2D eigenvalue weighted by atomic mass is 16.5. The molecule has 0 aliphatic carbocycles. The van der Waals surface area contributed by atoms with Crippen LogP contribution in [0.5, 0.6) is 5.75 Å². The van der Waals surface area contributed by atoms with E-state index in [1.807, 2.05) is 70.1 Å². The van der Waals surface area contributed by atoms with Crippen molar-refractivity contribution in [3.05, 3.63) is 69.8 Å². The third kappa shape index (κ3) is 4.41. The van der Waals surface area contributed by atoms with Gasteiger partial charge in [-0.1, -0.05) is 30.3 Å². The lowest BCUT2D eigenvalue weighted by Crippen LogP contribution is -2.32. The fourth-order valence-corrected chi connectivity index (χ4v) is 4.43. The number of aryl methyl sites for hydroxylation is 3. The second-order valence-corrected chi connectivity index (χ2v) is 8.67. The Morgan fingerprint density at radius 1 is 1.09 bits per heavy atom. The first-order valence-electron chi connectivity index (χ1n) is 10.8. The molecule has 6 nitrogen and oxygen atoms in total. The summed E-state index contributed by atoms with van der Waals surface area (Å²) in [6.07, 6.45) is 0.718. The number of methoxy groups -OCH3 is 1. The van der Waals surface area contributed by atoms with E-state index < -0.39 is 17.7 Å². The van der Waals surface area contributed by atoms with E-state index in [0.717, 1.165) is 35.2 Å². The monoisotopic (exact) mass is 436 g/mol. The van der Waals surface area contributed by atoms with E-state index in [-0.39, 0.29) is 11.3 Å². The van der Waals surface area contributed by atoms with Crippen molar-refractivity contribution in [2.75, 3.05) is 34.3 Å². The predicted octanol–water partition coefficient (Wildman–Crippen LogP) is 3.99. The number of aliphatic hydroxyl groups is 1. The van der Waals surface area contributed by atoms with Gasteiger partial charge in [-0.05, 0) is 76.2 Å². The van der Waals surface area contributed by atoms with Gasteiger partial charge in [-0.15, -0.1) is 0 Å². The highest BCUT2D eigenvalue weighted by molar-refractivity contribution is 6.46. The smallest absolute Gasteiger partial charge is 0.295 e. The van der Waals surface area contributed by atoms with Crippen LogP contribution < -0.4 is 4.74 Å². The van der Waals surface area contributed by atoms with Gasteiger partial charge in [-0.25, -0.2) is 0 Å². The van der Waals surface area contributed by atoms with Gasteiger partial charge in [0.2, 0.25) is 0 Å². The predicted molar refractivity (Wildman–Crippen MR) is 126 cm³/mol. The molecule has 1 fully saturated rings. The van der Waals surface area contributed by atoms with Crippen LogP contribution in [0.4, 0.5) is 0 Å². The summed E-state index contributed by atoms with van der Waals surface area (Å²) in [5.41, 5.74) is 4.10. The van der Waals surface area contributed by atoms with E-state index in [1.165, 1.54) is 7.11 Å². The van der Waals surface area contributed by atoms with Gasteiger partial charge in [0.1, 0.15) is 11.5 Å². The molecular formula is C26H32N2O4. The number of hydrogen-bond donors (Lipinski definition) is 1. The molecule has 2 aromatic rings. The lowest BCUT2D eigenvalue weighted by molar-refractivity contribution is -0.139. The minimum atomic E-state index is -0.665. The summed E-state index contributed by atoms with van der Waals surface area (Å²) in [5.74, 6) is -0.950. The molecule has 1 heterocycles. The Labute approximate surface area is 190 Å². The summed E-state index contributed by atoms with van der Waals surface area (Å²) in [6.45, 7) is 6.97. The number of ether oxygens (including phenoxy) is 1. The van der Waals surface area contributed by atoms with E-state index >= 15 is 0 Å². The van der Waals surface area contributed by atoms with E-state index in [9.17, 15) is 14.7 Å². The minimum Gasteiger partial charge on any atom is -0.507 e. The molecule has 0 aromatic heterocycles. The van der Waals surface area contributed by atoms with Crippen molar-refractivity contribution in [1.29, 1.82) is 0 Å². The van der Waals surface area contributed by atoms with Crippen molar-refractivity contribution in [3.8, 4) is 5.75 Å². The highest BCUT2D eigenvalue weighted by Gasteiger charge is 2.46. The summed E-state index contributed by atoms with van der Waals surface area (Å²) in [5, 5.41) is 11.4. The van der Waals surface area contributed by atoms with E-state index in [1.54, 1.807) is 11.0 Å². The number of ketones is 1. The highest BCUT2D eigenvalue weighted by Crippen LogP contribution is 2.42. The SMILES string of the molecule is COc1c(C)cc(C)cc1/C(O)=C1\C(=O)C(=O)N(CCCN(C)C)C1c1ccccc1C. The van der Waals surface area contributed by atoms with Crippen molar-refractivity contribution in [1.82, 2.24) is 9.80 Å². The Morgan fingerprint density at radius 3 is 2.41 bits per heavy atom. The number of hydrogen-bond acceptors (Lipinski definition) is 5. The lowest BCUT2D eigenvalue weighted by atomic mass is 9.91. The molecule has 1 atom stereocenters. The molecule has 1 amide bonds. The van der Waals surface area contributed by atoms with Crippen LogP contribution in [0.1, 0.15) is 40.3 Å². The second kappa shape index (κ2) is 9.57. The maximum atomic E-state index is 13.2. The normalized spacial score (nSPS) is 18.0. The summed E-state index contributed by atoms with van der Waals surface area (Å²) < 4.78 is 5.55. The number of amides is 1. The van der Waals surface area contributed by atoms with Gasteiger partial charge in [0.25, 0.3) is 11.7 Å². The molecule has 1 N–H and O–H groups in total. The maximum Gasteiger partial charge on any atom is 0.295 e. The van der Waals surface area contributed by atoms with Crippen LogP contribution in [0, 0.1) is 20.8 Å². The van der Waals surface area contributed by atoms with Gasteiger partial charge < -0.3 is 19.6 Å². The van der Waals surface area contributed by atoms with Gasteiger partial charge in [0, 0.05) is 6.54 Å². The Bertz CT molecular complexity index is 1070. The first kappa shape index (κ1) is 23.5. The molecule has 32 heavy (non-hydrogen) atoms. The number of rotatable bonds is 7. The van der Waals surface area contributed by atoms with Crippen LogP contribution >= 0.6 is 0 Å². The van der Waals surface area contributed by atoms with Crippen LogP contribution in [0.3, 0.4) is 0 Å². The molecule has 1 aliphatic heterocycles. The Kier molecular flexibility index (Phi) is 7.04. The molecule has 170 valence electrons.